The van der Waals surface area contributed by atoms with Crippen molar-refractivity contribution in [1.29, 1.82) is 0 Å². The fourth-order valence-corrected chi connectivity index (χ4v) is 3.29. The maximum atomic E-state index is 12.7. The fourth-order valence-electron chi connectivity index (χ4n) is 3.29. The molecule has 28 heavy (non-hydrogen) atoms. The Hall–Kier alpha value is -2.46. The number of halogens is 3. The highest BCUT2D eigenvalue weighted by molar-refractivity contribution is 5.76. The Kier molecular flexibility index (Phi) is 5.99. The van der Waals surface area contributed by atoms with E-state index >= 15 is 0 Å². The Bertz CT molecular complexity index is 824. The molecule has 0 unspecified atom stereocenters. The standard InChI is InChI=1S/C18H21F3N4O3/c1-22-15(27)8-13(9-25-6-5-14(26)10-25)11-3-2-4-12(7-11)16-23-17(28-24-16)18(19,20)21/h2-4,7,13-14,26H,5-6,8-10H2,1H3,(H,22,27)/t13-,14+/m1/s1. The summed E-state index contributed by atoms with van der Waals surface area (Å²) in [6, 6.07) is 6.76. The van der Waals surface area contributed by atoms with Crippen molar-refractivity contribution in [3.05, 3.63) is 35.7 Å². The van der Waals surface area contributed by atoms with Gasteiger partial charge in [0.05, 0.1) is 6.10 Å². The molecule has 1 aliphatic rings. The van der Waals surface area contributed by atoms with Crippen LogP contribution in [0.1, 0.15) is 30.2 Å². The normalized spacial score (nSPS) is 19.0. The molecule has 1 aromatic heterocycles. The second-order valence-corrected chi connectivity index (χ2v) is 6.82. The van der Waals surface area contributed by atoms with Crippen molar-refractivity contribution < 1.29 is 27.6 Å². The number of likely N-dealkylation sites (tertiary alicyclic amines) is 1. The molecule has 0 bridgehead atoms. The lowest BCUT2D eigenvalue weighted by Crippen LogP contribution is -2.30. The third-order valence-corrected chi connectivity index (χ3v) is 4.72. The number of amides is 1. The van der Waals surface area contributed by atoms with Crippen molar-refractivity contribution in [2.75, 3.05) is 26.7 Å². The van der Waals surface area contributed by atoms with Crippen LogP contribution >= 0.6 is 0 Å². The molecule has 3 rings (SSSR count). The Morgan fingerprint density at radius 1 is 1.46 bits per heavy atom. The number of rotatable bonds is 6. The van der Waals surface area contributed by atoms with Crippen molar-refractivity contribution >= 4 is 5.91 Å². The van der Waals surface area contributed by atoms with Crippen LogP contribution < -0.4 is 5.32 Å². The molecular weight excluding hydrogens is 377 g/mol. The summed E-state index contributed by atoms with van der Waals surface area (Å²) in [7, 11) is 1.55. The molecule has 1 fully saturated rings. The van der Waals surface area contributed by atoms with Gasteiger partial charge in [0.2, 0.25) is 11.7 Å². The number of carbonyl (C=O) groups excluding carboxylic acids is 1. The Morgan fingerprint density at radius 3 is 2.86 bits per heavy atom. The Morgan fingerprint density at radius 2 is 2.25 bits per heavy atom. The van der Waals surface area contributed by atoms with Gasteiger partial charge in [0.15, 0.2) is 0 Å². The molecule has 2 atom stereocenters. The smallest absolute Gasteiger partial charge is 0.392 e. The largest absolute Gasteiger partial charge is 0.471 e. The van der Waals surface area contributed by atoms with E-state index in [-0.39, 0.29) is 30.2 Å². The van der Waals surface area contributed by atoms with Crippen LogP contribution in [0.5, 0.6) is 0 Å². The average molecular weight is 398 g/mol. The lowest BCUT2D eigenvalue weighted by atomic mass is 9.93. The van der Waals surface area contributed by atoms with E-state index in [4.69, 9.17) is 0 Å². The van der Waals surface area contributed by atoms with Gasteiger partial charge >= 0.3 is 12.1 Å². The number of nitrogens with one attached hydrogen (secondary N) is 1. The maximum absolute atomic E-state index is 12.7. The van der Waals surface area contributed by atoms with Gasteiger partial charge in [0.1, 0.15) is 0 Å². The highest BCUT2D eigenvalue weighted by Gasteiger charge is 2.38. The average Bonchev–Trinajstić information content (AvgIpc) is 3.30. The molecule has 2 aromatic rings. The third kappa shape index (κ3) is 4.87. The number of nitrogens with zero attached hydrogens (tertiary/aromatic N) is 3. The molecule has 2 heterocycles. The predicted octanol–water partition coefficient (Wildman–Crippen LogP) is 2.04. The summed E-state index contributed by atoms with van der Waals surface area (Å²) in [5, 5.41) is 15.7. The van der Waals surface area contributed by atoms with Gasteiger partial charge in [-0.25, -0.2) is 0 Å². The number of aliphatic hydroxyl groups excluding tert-OH is 1. The first kappa shape index (κ1) is 20.3. The van der Waals surface area contributed by atoms with E-state index < -0.39 is 12.1 Å². The molecule has 10 heteroatoms. The summed E-state index contributed by atoms with van der Waals surface area (Å²) in [6.45, 7) is 1.81. The summed E-state index contributed by atoms with van der Waals surface area (Å²) >= 11 is 0. The van der Waals surface area contributed by atoms with Crippen molar-refractivity contribution in [2.24, 2.45) is 0 Å². The minimum Gasteiger partial charge on any atom is -0.392 e. The number of hydrogen-bond donors (Lipinski definition) is 2. The topological polar surface area (TPSA) is 91.5 Å². The van der Waals surface area contributed by atoms with E-state index in [1.165, 1.54) is 0 Å². The number of benzene rings is 1. The van der Waals surface area contributed by atoms with Crippen LogP contribution in [0, 0.1) is 0 Å². The fraction of sp³-hybridized carbons (Fsp3) is 0.500. The lowest BCUT2D eigenvalue weighted by molar-refractivity contribution is -0.159. The van der Waals surface area contributed by atoms with Gasteiger partial charge in [0, 0.05) is 44.6 Å². The minimum absolute atomic E-state index is 0.144. The zero-order valence-electron chi connectivity index (χ0n) is 15.2. The van der Waals surface area contributed by atoms with E-state index in [9.17, 15) is 23.1 Å². The van der Waals surface area contributed by atoms with E-state index in [1.54, 1.807) is 25.2 Å². The summed E-state index contributed by atoms with van der Waals surface area (Å²) < 4.78 is 42.4. The van der Waals surface area contributed by atoms with Gasteiger partial charge in [-0.15, -0.1) is 0 Å². The van der Waals surface area contributed by atoms with Crippen molar-refractivity contribution in [3.8, 4) is 11.4 Å². The molecule has 1 amide bonds. The van der Waals surface area contributed by atoms with Crippen LogP contribution in [0.4, 0.5) is 13.2 Å². The first-order valence-corrected chi connectivity index (χ1v) is 8.88. The second-order valence-electron chi connectivity index (χ2n) is 6.82. The summed E-state index contributed by atoms with van der Waals surface area (Å²) in [4.78, 5) is 17.4. The molecule has 0 radical (unpaired) electrons. The highest BCUT2D eigenvalue weighted by Crippen LogP contribution is 2.31. The number of aliphatic hydroxyl groups is 1. The number of carbonyl (C=O) groups is 1. The molecule has 2 N–H and O–H groups in total. The summed E-state index contributed by atoms with van der Waals surface area (Å²) in [6.07, 6.45) is -4.20. The van der Waals surface area contributed by atoms with Crippen LogP contribution in [0.3, 0.4) is 0 Å². The molecular formula is C18H21F3N4O3. The predicted molar refractivity (Wildman–Crippen MR) is 93.2 cm³/mol. The first-order chi connectivity index (χ1) is 13.3. The van der Waals surface area contributed by atoms with Gasteiger partial charge in [-0.1, -0.05) is 23.4 Å². The van der Waals surface area contributed by atoms with E-state index in [0.29, 0.717) is 25.1 Å². The van der Waals surface area contributed by atoms with Crippen LogP contribution in [0.2, 0.25) is 0 Å². The van der Waals surface area contributed by atoms with E-state index in [2.05, 4.69) is 24.9 Å². The zero-order valence-corrected chi connectivity index (χ0v) is 15.2. The second kappa shape index (κ2) is 8.27. The van der Waals surface area contributed by atoms with Crippen LogP contribution in [-0.4, -0.2) is 58.8 Å². The lowest BCUT2D eigenvalue weighted by Gasteiger charge is -2.23. The molecule has 1 saturated heterocycles. The summed E-state index contributed by atoms with van der Waals surface area (Å²) in [5.74, 6) is -1.90. The van der Waals surface area contributed by atoms with Crippen molar-refractivity contribution in [1.82, 2.24) is 20.4 Å². The third-order valence-electron chi connectivity index (χ3n) is 4.72. The summed E-state index contributed by atoms with van der Waals surface area (Å²) in [5.41, 5.74) is 1.15. The number of β-amino-alcohol motifs (C(OH)–C–C–N with tert-alkyl or cyclic N) is 1. The molecule has 0 aliphatic carbocycles. The van der Waals surface area contributed by atoms with Crippen LogP contribution in [0.15, 0.2) is 28.8 Å². The van der Waals surface area contributed by atoms with Crippen molar-refractivity contribution in [3.63, 3.8) is 0 Å². The monoisotopic (exact) mass is 398 g/mol. The van der Waals surface area contributed by atoms with Crippen LogP contribution in [-0.2, 0) is 11.0 Å². The molecule has 7 nitrogen and oxygen atoms in total. The Labute approximate surface area is 159 Å². The quantitative estimate of drug-likeness (QED) is 0.774. The first-order valence-electron chi connectivity index (χ1n) is 8.88. The van der Waals surface area contributed by atoms with Gasteiger partial charge in [-0.05, 0) is 18.1 Å². The van der Waals surface area contributed by atoms with Gasteiger partial charge in [-0.2, -0.15) is 18.2 Å². The van der Waals surface area contributed by atoms with Gasteiger partial charge < -0.3 is 19.8 Å². The van der Waals surface area contributed by atoms with E-state index in [0.717, 1.165) is 12.1 Å². The SMILES string of the molecule is CNC(=O)C[C@H](CN1CC[C@H](O)C1)c1cccc(-c2noc(C(F)(F)F)n2)c1. The van der Waals surface area contributed by atoms with Crippen LogP contribution in [0.25, 0.3) is 11.4 Å². The highest BCUT2D eigenvalue weighted by atomic mass is 19.4. The minimum atomic E-state index is -4.71. The van der Waals surface area contributed by atoms with Crippen molar-refractivity contribution in [2.45, 2.75) is 31.0 Å². The van der Waals surface area contributed by atoms with Gasteiger partial charge in [-0.3, -0.25) is 4.79 Å². The zero-order chi connectivity index (χ0) is 20.3. The molecule has 1 aliphatic heterocycles. The maximum Gasteiger partial charge on any atom is 0.471 e. The molecule has 0 saturated carbocycles. The molecule has 152 valence electrons. The van der Waals surface area contributed by atoms with Gasteiger partial charge in [0.25, 0.3) is 0 Å². The molecule has 1 aromatic carbocycles. The Balaban J connectivity index is 1.84. The number of alkyl halides is 3. The number of hydrogen-bond acceptors (Lipinski definition) is 6. The molecule has 0 spiro atoms. The number of aromatic nitrogens is 2. The van der Waals surface area contributed by atoms with E-state index in [1.807, 2.05) is 6.07 Å².